The number of H-pyrrole nitrogens is 1. The summed E-state index contributed by atoms with van der Waals surface area (Å²) in [7, 11) is 1.58. The molecular weight excluding hydrogens is 310 g/mol. The van der Waals surface area contributed by atoms with Crippen molar-refractivity contribution < 1.29 is 14.1 Å². The van der Waals surface area contributed by atoms with Crippen molar-refractivity contribution in [2.24, 2.45) is 0 Å². The number of rotatable bonds is 9. The second-order valence-corrected chi connectivity index (χ2v) is 5.36. The fraction of sp³-hybridized carbons (Fsp3) is 0.353. The molecule has 0 saturated carbocycles. The zero-order chi connectivity index (χ0) is 17.4. The Labute approximate surface area is 139 Å². The van der Waals surface area contributed by atoms with Crippen LogP contribution < -0.4 is 11.1 Å². The van der Waals surface area contributed by atoms with Crippen LogP contribution in [0.25, 0.3) is 11.4 Å². The van der Waals surface area contributed by atoms with E-state index >= 15 is 0 Å². The lowest BCUT2D eigenvalue weighted by molar-refractivity contribution is -0.121. The minimum atomic E-state index is -0.577. The van der Waals surface area contributed by atoms with Crippen molar-refractivity contribution in [1.82, 2.24) is 15.5 Å². The van der Waals surface area contributed by atoms with Crippen LogP contribution in [-0.2, 0) is 16.0 Å². The molecule has 0 aliphatic carbocycles. The lowest BCUT2D eigenvalue weighted by atomic mass is 10.1. The maximum absolute atomic E-state index is 11.9. The van der Waals surface area contributed by atoms with Gasteiger partial charge >= 0.3 is 5.76 Å². The van der Waals surface area contributed by atoms with Gasteiger partial charge in [0.25, 0.3) is 0 Å². The predicted octanol–water partition coefficient (Wildman–Crippen LogP) is 1.67. The Bertz CT molecular complexity index is 718. The molecular formula is C17H21N3O4. The lowest BCUT2D eigenvalue weighted by Gasteiger charge is -2.13. The van der Waals surface area contributed by atoms with Gasteiger partial charge in [-0.1, -0.05) is 35.5 Å². The van der Waals surface area contributed by atoms with Crippen LogP contribution in [0.3, 0.4) is 0 Å². The number of ether oxygens (including phenoxy) is 1. The number of hydrogen-bond acceptors (Lipinski definition) is 5. The summed E-state index contributed by atoms with van der Waals surface area (Å²) in [4.78, 5) is 25.3. The Morgan fingerprint density at radius 3 is 2.79 bits per heavy atom. The van der Waals surface area contributed by atoms with E-state index < -0.39 is 5.76 Å². The summed E-state index contributed by atoms with van der Waals surface area (Å²) in [6.45, 7) is 4.08. The number of aromatic amines is 1. The first kappa shape index (κ1) is 17.7. The maximum atomic E-state index is 11.9. The van der Waals surface area contributed by atoms with E-state index in [1.54, 1.807) is 13.2 Å². The molecule has 0 radical (unpaired) electrons. The first-order valence-electron chi connectivity index (χ1n) is 7.68. The molecule has 7 nitrogen and oxygen atoms in total. The Kier molecular flexibility index (Phi) is 6.51. The summed E-state index contributed by atoms with van der Waals surface area (Å²) in [5, 5.41) is 6.49. The molecule has 0 bridgehead atoms. The quantitative estimate of drug-likeness (QED) is 0.681. The van der Waals surface area contributed by atoms with Gasteiger partial charge in [-0.2, -0.15) is 0 Å². The Morgan fingerprint density at radius 1 is 1.46 bits per heavy atom. The topological polar surface area (TPSA) is 97.2 Å². The first-order valence-corrected chi connectivity index (χ1v) is 7.68. The number of nitrogens with one attached hydrogen (secondary N) is 2. The van der Waals surface area contributed by atoms with Crippen LogP contribution in [0, 0.1) is 0 Å². The van der Waals surface area contributed by atoms with E-state index in [1.807, 2.05) is 24.3 Å². The minimum Gasteiger partial charge on any atom is -0.382 e. The third-order valence-corrected chi connectivity index (χ3v) is 3.51. The highest BCUT2D eigenvalue weighted by atomic mass is 16.5. The number of hydrogen-bond donors (Lipinski definition) is 2. The molecule has 0 spiro atoms. The summed E-state index contributed by atoms with van der Waals surface area (Å²) in [5.74, 6) is -0.195. The summed E-state index contributed by atoms with van der Waals surface area (Å²) >= 11 is 0. The van der Waals surface area contributed by atoms with E-state index in [1.165, 1.54) is 0 Å². The number of benzene rings is 1. The van der Waals surface area contributed by atoms with Crippen molar-refractivity contribution in [2.45, 2.75) is 25.3 Å². The predicted molar refractivity (Wildman–Crippen MR) is 89.5 cm³/mol. The number of methoxy groups -OCH3 is 1. The molecule has 1 aromatic carbocycles. The van der Waals surface area contributed by atoms with Crippen LogP contribution in [-0.4, -0.2) is 35.8 Å². The first-order chi connectivity index (χ1) is 11.6. The monoisotopic (exact) mass is 331 g/mol. The average Bonchev–Trinajstić information content (AvgIpc) is 3.01. The summed E-state index contributed by atoms with van der Waals surface area (Å²) < 4.78 is 9.48. The van der Waals surface area contributed by atoms with Crippen molar-refractivity contribution in [3.8, 4) is 11.4 Å². The minimum absolute atomic E-state index is 0.0197. The molecule has 2 N–H and O–H groups in total. The zero-order valence-corrected chi connectivity index (χ0v) is 13.6. The van der Waals surface area contributed by atoms with E-state index in [-0.39, 0.29) is 11.9 Å². The van der Waals surface area contributed by atoms with Gasteiger partial charge in [0.05, 0.1) is 12.6 Å². The van der Waals surface area contributed by atoms with Gasteiger partial charge in [-0.15, -0.1) is 6.58 Å². The third kappa shape index (κ3) is 5.20. The van der Waals surface area contributed by atoms with Gasteiger partial charge in [-0.3, -0.25) is 14.3 Å². The number of aryl methyl sites for hydroxylation is 1. The highest BCUT2D eigenvalue weighted by Crippen LogP contribution is 2.15. The molecule has 1 amide bonds. The molecule has 0 fully saturated rings. The molecule has 1 aromatic heterocycles. The average molecular weight is 331 g/mol. The van der Waals surface area contributed by atoms with E-state index in [4.69, 9.17) is 4.74 Å². The molecule has 2 rings (SSSR count). The smallest absolute Gasteiger partial charge is 0.382 e. The van der Waals surface area contributed by atoms with E-state index in [2.05, 4.69) is 26.6 Å². The normalized spacial score (nSPS) is 11.9. The SMILES string of the molecule is C=CC(COC)NC(=O)CCCc1ccc(-c2noc(=O)[nH]2)cc1. The Morgan fingerprint density at radius 2 is 2.21 bits per heavy atom. The molecule has 2 aromatic rings. The Balaban J connectivity index is 1.79. The van der Waals surface area contributed by atoms with E-state index in [9.17, 15) is 9.59 Å². The fourth-order valence-corrected chi connectivity index (χ4v) is 2.26. The molecule has 0 saturated heterocycles. The largest absolute Gasteiger partial charge is 0.439 e. The standard InChI is InChI=1S/C17H21N3O4/c1-3-14(11-23-2)18-15(21)6-4-5-12-7-9-13(10-8-12)16-19-17(22)24-20-16/h3,7-10,14H,1,4-6,11H2,2H3,(H,18,21)(H,19,20,22). The highest BCUT2D eigenvalue weighted by Gasteiger charge is 2.08. The summed E-state index contributed by atoms with van der Waals surface area (Å²) in [5.41, 5.74) is 1.88. The number of nitrogens with zero attached hydrogens (tertiary/aromatic N) is 1. The van der Waals surface area contributed by atoms with Crippen molar-refractivity contribution in [2.75, 3.05) is 13.7 Å². The fourth-order valence-electron chi connectivity index (χ4n) is 2.26. The molecule has 128 valence electrons. The zero-order valence-electron chi connectivity index (χ0n) is 13.6. The van der Waals surface area contributed by atoms with Crippen molar-refractivity contribution in [1.29, 1.82) is 0 Å². The number of aromatic nitrogens is 2. The van der Waals surface area contributed by atoms with Gasteiger partial charge in [0.1, 0.15) is 0 Å². The third-order valence-electron chi connectivity index (χ3n) is 3.51. The van der Waals surface area contributed by atoms with Gasteiger partial charge in [0.15, 0.2) is 5.82 Å². The van der Waals surface area contributed by atoms with Crippen LogP contribution in [0.15, 0.2) is 46.2 Å². The van der Waals surface area contributed by atoms with Crippen molar-refractivity contribution >= 4 is 5.91 Å². The van der Waals surface area contributed by atoms with Gasteiger partial charge in [-0.25, -0.2) is 4.79 Å². The molecule has 1 heterocycles. The highest BCUT2D eigenvalue weighted by molar-refractivity contribution is 5.76. The van der Waals surface area contributed by atoms with Crippen LogP contribution >= 0.6 is 0 Å². The van der Waals surface area contributed by atoms with Gasteiger partial charge in [0.2, 0.25) is 5.91 Å². The van der Waals surface area contributed by atoms with Gasteiger partial charge in [0, 0.05) is 19.1 Å². The number of carbonyl (C=O) groups excluding carboxylic acids is 1. The molecule has 7 heteroatoms. The summed E-state index contributed by atoms with van der Waals surface area (Å²) in [6, 6.07) is 7.44. The molecule has 0 aliphatic rings. The van der Waals surface area contributed by atoms with Crippen LogP contribution in [0.4, 0.5) is 0 Å². The van der Waals surface area contributed by atoms with E-state index in [0.29, 0.717) is 18.9 Å². The number of amides is 1. The molecule has 1 unspecified atom stereocenters. The van der Waals surface area contributed by atoms with Crippen LogP contribution in [0.5, 0.6) is 0 Å². The van der Waals surface area contributed by atoms with Gasteiger partial charge in [-0.05, 0) is 18.4 Å². The maximum Gasteiger partial charge on any atom is 0.439 e. The summed E-state index contributed by atoms with van der Waals surface area (Å²) in [6.07, 6.45) is 3.62. The van der Waals surface area contributed by atoms with Gasteiger partial charge < -0.3 is 10.1 Å². The Hall–Kier alpha value is -2.67. The molecule has 24 heavy (non-hydrogen) atoms. The molecule has 1 atom stereocenters. The van der Waals surface area contributed by atoms with Crippen molar-refractivity contribution in [3.05, 3.63) is 53.0 Å². The lowest BCUT2D eigenvalue weighted by Crippen LogP contribution is -2.36. The second kappa shape index (κ2) is 8.83. The second-order valence-electron chi connectivity index (χ2n) is 5.36. The van der Waals surface area contributed by atoms with Crippen LogP contribution in [0.2, 0.25) is 0 Å². The number of carbonyl (C=O) groups is 1. The van der Waals surface area contributed by atoms with Crippen molar-refractivity contribution in [3.63, 3.8) is 0 Å². The molecule has 0 aliphatic heterocycles. The van der Waals surface area contributed by atoms with Crippen LogP contribution in [0.1, 0.15) is 18.4 Å². The van der Waals surface area contributed by atoms with E-state index in [0.717, 1.165) is 24.0 Å².